The summed E-state index contributed by atoms with van der Waals surface area (Å²) in [5.41, 5.74) is 6.00. The monoisotopic (exact) mass is 260 g/mol. The molecule has 5 heteroatoms. The minimum atomic E-state index is -2.84. The average Bonchev–Trinajstić information content (AvgIpc) is 2.47. The molecule has 0 spiro atoms. The van der Waals surface area contributed by atoms with E-state index in [1.807, 2.05) is 6.92 Å². The van der Waals surface area contributed by atoms with Crippen LogP contribution in [0.2, 0.25) is 0 Å². The molecule has 0 aliphatic carbocycles. The molecule has 0 aromatic rings. The van der Waals surface area contributed by atoms with Crippen LogP contribution in [0.25, 0.3) is 0 Å². The third kappa shape index (κ3) is 3.20. The van der Waals surface area contributed by atoms with Gasteiger partial charge in [0.1, 0.15) is 0 Å². The summed E-state index contributed by atoms with van der Waals surface area (Å²) in [7, 11) is -2.84. The van der Waals surface area contributed by atoms with Gasteiger partial charge in [0.05, 0.1) is 5.75 Å². The van der Waals surface area contributed by atoms with Crippen molar-refractivity contribution in [3.05, 3.63) is 0 Å². The van der Waals surface area contributed by atoms with Crippen molar-refractivity contribution < 1.29 is 8.42 Å². The van der Waals surface area contributed by atoms with Crippen LogP contribution in [0.15, 0.2) is 0 Å². The summed E-state index contributed by atoms with van der Waals surface area (Å²) in [5.74, 6) is 0.652. The highest BCUT2D eigenvalue weighted by Crippen LogP contribution is 2.34. The van der Waals surface area contributed by atoms with E-state index in [1.54, 1.807) is 0 Å². The molecule has 4 nitrogen and oxygen atoms in total. The average molecular weight is 260 g/mol. The SMILES string of the molecule is CCCS(=O)(=O)CCN1C2CCC1CC(N)C2. The molecule has 0 aromatic carbocycles. The van der Waals surface area contributed by atoms with Gasteiger partial charge in [-0.25, -0.2) is 8.42 Å². The lowest BCUT2D eigenvalue weighted by molar-refractivity contribution is 0.136. The molecule has 100 valence electrons. The maximum Gasteiger partial charge on any atom is 0.151 e. The number of rotatable bonds is 5. The maximum atomic E-state index is 11.7. The van der Waals surface area contributed by atoms with E-state index in [-0.39, 0.29) is 0 Å². The van der Waals surface area contributed by atoms with Gasteiger partial charge in [0.25, 0.3) is 0 Å². The van der Waals surface area contributed by atoms with Crippen molar-refractivity contribution in [2.75, 3.05) is 18.1 Å². The molecular formula is C12H24N2O2S. The van der Waals surface area contributed by atoms with Gasteiger partial charge < -0.3 is 5.73 Å². The lowest BCUT2D eigenvalue weighted by Gasteiger charge is -2.37. The summed E-state index contributed by atoms with van der Waals surface area (Å²) in [6.45, 7) is 2.63. The number of piperidine rings is 1. The van der Waals surface area contributed by atoms with Crippen molar-refractivity contribution in [3.8, 4) is 0 Å². The molecule has 2 saturated heterocycles. The Morgan fingerprint density at radius 1 is 1.18 bits per heavy atom. The van der Waals surface area contributed by atoms with Gasteiger partial charge in [-0.05, 0) is 32.1 Å². The van der Waals surface area contributed by atoms with E-state index in [0.717, 1.165) is 19.3 Å². The van der Waals surface area contributed by atoms with Crippen LogP contribution >= 0.6 is 0 Å². The number of hydrogen-bond donors (Lipinski definition) is 1. The largest absolute Gasteiger partial charge is 0.328 e. The molecule has 2 bridgehead atoms. The van der Waals surface area contributed by atoms with Gasteiger partial charge in [0.2, 0.25) is 0 Å². The van der Waals surface area contributed by atoms with E-state index >= 15 is 0 Å². The van der Waals surface area contributed by atoms with Gasteiger partial charge in [-0.15, -0.1) is 0 Å². The molecule has 2 rings (SSSR count). The molecule has 17 heavy (non-hydrogen) atoms. The van der Waals surface area contributed by atoms with Crippen molar-refractivity contribution in [2.45, 2.75) is 57.2 Å². The Kier molecular flexibility index (Phi) is 4.10. The summed E-state index contributed by atoms with van der Waals surface area (Å²) in [5, 5.41) is 0. The van der Waals surface area contributed by atoms with Crippen LogP contribution in [0, 0.1) is 0 Å². The van der Waals surface area contributed by atoms with Crippen LogP contribution in [0.1, 0.15) is 39.0 Å². The zero-order valence-electron chi connectivity index (χ0n) is 10.6. The Hall–Kier alpha value is -0.130. The van der Waals surface area contributed by atoms with Crippen molar-refractivity contribution in [1.29, 1.82) is 0 Å². The first-order chi connectivity index (χ1) is 8.02. The number of nitrogens with two attached hydrogens (primary N) is 1. The van der Waals surface area contributed by atoms with Gasteiger partial charge in [-0.1, -0.05) is 6.92 Å². The molecule has 2 N–H and O–H groups in total. The molecule has 2 fully saturated rings. The number of hydrogen-bond acceptors (Lipinski definition) is 4. The van der Waals surface area contributed by atoms with Gasteiger partial charge in [-0.3, -0.25) is 4.90 Å². The minimum Gasteiger partial charge on any atom is -0.328 e. The van der Waals surface area contributed by atoms with E-state index in [9.17, 15) is 8.42 Å². The third-order valence-electron chi connectivity index (χ3n) is 4.10. The summed E-state index contributed by atoms with van der Waals surface area (Å²) in [4.78, 5) is 2.40. The fraction of sp³-hybridized carbons (Fsp3) is 1.00. The second kappa shape index (κ2) is 5.24. The number of fused-ring (bicyclic) bond motifs is 2. The van der Waals surface area contributed by atoms with Gasteiger partial charge in [0, 0.05) is 30.4 Å². The minimum absolute atomic E-state index is 0.322. The topological polar surface area (TPSA) is 63.4 Å². The highest BCUT2D eigenvalue weighted by molar-refractivity contribution is 7.91. The fourth-order valence-corrected chi connectivity index (χ4v) is 4.65. The highest BCUT2D eigenvalue weighted by atomic mass is 32.2. The highest BCUT2D eigenvalue weighted by Gasteiger charge is 2.39. The number of nitrogens with zero attached hydrogens (tertiary/aromatic N) is 1. The normalized spacial score (nSPS) is 34.1. The predicted octanol–water partition coefficient (Wildman–Crippen LogP) is 0.765. The van der Waals surface area contributed by atoms with E-state index in [2.05, 4.69) is 4.90 Å². The molecule has 2 aliphatic heterocycles. The first kappa shape index (κ1) is 13.3. The van der Waals surface area contributed by atoms with Gasteiger partial charge in [0.15, 0.2) is 9.84 Å². The molecule has 0 saturated carbocycles. The lowest BCUT2D eigenvalue weighted by atomic mass is 9.98. The number of sulfone groups is 1. The van der Waals surface area contributed by atoms with Crippen molar-refractivity contribution >= 4 is 9.84 Å². The van der Waals surface area contributed by atoms with Crippen molar-refractivity contribution in [1.82, 2.24) is 4.90 Å². The first-order valence-corrected chi connectivity index (χ1v) is 8.55. The summed E-state index contributed by atoms with van der Waals surface area (Å²) in [6.07, 6.45) is 5.22. The first-order valence-electron chi connectivity index (χ1n) is 6.73. The molecule has 2 heterocycles. The summed E-state index contributed by atoms with van der Waals surface area (Å²) in [6, 6.07) is 1.41. The lowest BCUT2D eigenvalue weighted by Crippen LogP contribution is -2.48. The standard InChI is InChI=1S/C12H24N2O2S/c1-2-6-17(15,16)7-5-14-11-3-4-12(14)9-10(13)8-11/h10-12H,2-9,13H2,1H3. The maximum absolute atomic E-state index is 11.7. The van der Waals surface area contributed by atoms with Crippen LogP contribution in [-0.2, 0) is 9.84 Å². The van der Waals surface area contributed by atoms with Crippen LogP contribution in [0.5, 0.6) is 0 Å². The van der Waals surface area contributed by atoms with E-state index in [1.165, 1.54) is 12.8 Å². The van der Waals surface area contributed by atoms with Crippen LogP contribution in [0.3, 0.4) is 0 Å². The fourth-order valence-electron chi connectivity index (χ4n) is 3.34. The Morgan fingerprint density at radius 2 is 1.76 bits per heavy atom. The van der Waals surface area contributed by atoms with Crippen LogP contribution in [-0.4, -0.2) is 49.5 Å². The Labute approximate surface area is 104 Å². The predicted molar refractivity (Wildman–Crippen MR) is 69.7 cm³/mol. The quantitative estimate of drug-likeness (QED) is 0.793. The summed E-state index contributed by atoms with van der Waals surface area (Å²) < 4.78 is 23.4. The van der Waals surface area contributed by atoms with Gasteiger partial charge >= 0.3 is 0 Å². The second-order valence-electron chi connectivity index (χ2n) is 5.51. The van der Waals surface area contributed by atoms with E-state index < -0.39 is 9.84 Å². The second-order valence-corrected chi connectivity index (χ2v) is 7.81. The van der Waals surface area contributed by atoms with Crippen molar-refractivity contribution in [3.63, 3.8) is 0 Å². The zero-order valence-corrected chi connectivity index (χ0v) is 11.5. The molecule has 0 aromatic heterocycles. The molecular weight excluding hydrogens is 236 g/mol. The third-order valence-corrected chi connectivity index (χ3v) is 5.93. The van der Waals surface area contributed by atoms with Crippen molar-refractivity contribution in [2.24, 2.45) is 5.73 Å². The Bertz CT molecular complexity index is 342. The molecule has 0 radical (unpaired) electrons. The molecule has 2 atom stereocenters. The van der Waals surface area contributed by atoms with E-state index in [4.69, 9.17) is 5.73 Å². The Balaban J connectivity index is 1.88. The molecule has 2 unspecified atom stereocenters. The summed E-state index contributed by atoms with van der Waals surface area (Å²) >= 11 is 0. The smallest absolute Gasteiger partial charge is 0.151 e. The molecule has 2 aliphatic rings. The Morgan fingerprint density at radius 3 is 2.29 bits per heavy atom. The van der Waals surface area contributed by atoms with Crippen LogP contribution < -0.4 is 5.73 Å². The van der Waals surface area contributed by atoms with Gasteiger partial charge in [-0.2, -0.15) is 0 Å². The molecule has 0 amide bonds. The zero-order chi connectivity index (χ0) is 12.5. The van der Waals surface area contributed by atoms with Crippen LogP contribution in [0.4, 0.5) is 0 Å². The van der Waals surface area contributed by atoms with E-state index in [0.29, 0.717) is 36.2 Å².